The molecule has 0 aliphatic rings. The predicted octanol–water partition coefficient (Wildman–Crippen LogP) is 4.98. The normalized spacial score (nSPS) is 11.2. The minimum atomic E-state index is -0.0441. The molecule has 114 valence electrons. The number of nitrogens with zero attached hydrogens (tertiary/aromatic N) is 2. The fourth-order valence-corrected chi connectivity index (χ4v) is 3.89. The Hall–Kier alpha value is -1.95. The number of hydrogen-bond donors (Lipinski definition) is 1. The first kappa shape index (κ1) is 14.6. The number of hydrogen-bond acceptors (Lipinski definition) is 3. The Bertz CT molecular complexity index is 958. The molecular formula is C18H13BrN2OS. The van der Waals surface area contributed by atoms with Crippen LogP contribution in [-0.2, 0) is 6.61 Å². The molecule has 0 radical (unpaired) electrons. The Morgan fingerprint density at radius 3 is 2.43 bits per heavy atom. The van der Waals surface area contributed by atoms with E-state index in [1.165, 1.54) is 0 Å². The van der Waals surface area contributed by atoms with Crippen LogP contribution in [0.15, 0.2) is 65.3 Å². The van der Waals surface area contributed by atoms with Crippen LogP contribution in [0.4, 0.5) is 0 Å². The van der Waals surface area contributed by atoms with E-state index in [0.717, 1.165) is 36.8 Å². The van der Waals surface area contributed by atoms with E-state index in [1.807, 2.05) is 46.9 Å². The van der Waals surface area contributed by atoms with Gasteiger partial charge < -0.3 is 5.11 Å². The molecule has 0 fully saturated rings. The molecular weight excluding hydrogens is 372 g/mol. The predicted molar refractivity (Wildman–Crippen MR) is 97.6 cm³/mol. The van der Waals surface area contributed by atoms with Crippen LogP contribution in [0, 0.1) is 0 Å². The van der Waals surface area contributed by atoms with Gasteiger partial charge in [0.2, 0.25) is 0 Å². The van der Waals surface area contributed by atoms with Gasteiger partial charge in [0.15, 0.2) is 4.96 Å². The molecule has 0 spiro atoms. The number of fused-ring (bicyclic) bond motifs is 1. The summed E-state index contributed by atoms with van der Waals surface area (Å²) in [7, 11) is 0. The van der Waals surface area contributed by atoms with Crippen molar-refractivity contribution in [2.75, 3.05) is 0 Å². The highest BCUT2D eigenvalue weighted by molar-refractivity contribution is 9.10. The van der Waals surface area contributed by atoms with E-state index >= 15 is 0 Å². The minimum Gasteiger partial charge on any atom is -0.390 e. The molecule has 5 heteroatoms. The van der Waals surface area contributed by atoms with Crippen molar-refractivity contribution in [3.8, 4) is 21.7 Å². The van der Waals surface area contributed by atoms with Crippen LogP contribution in [0.1, 0.15) is 5.69 Å². The smallest absolute Gasteiger partial charge is 0.195 e. The quantitative estimate of drug-likeness (QED) is 0.540. The van der Waals surface area contributed by atoms with Crippen LogP contribution < -0.4 is 0 Å². The average Bonchev–Trinajstić information content (AvgIpc) is 3.14. The van der Waals surface area contributed by atoms with Crippen molar-refractivity contribution in [1.29, 1.82) is 0 Å². The summed E-state index contributed by atoms with van der Waals surface area (Å²) in [6.45, 7) is -0.0441. The van der Waals surface area contributed by atoms with Crippen LogP contribution in [0.5, 0.6) is 0 Å². The summed E-state index contributed by atoms with van der Waals surface area (Å²) in [6.07, 6.45) is 2.05. The molecule has 2 aromatic carbocycles. The lowest BCUT2D eigenvalue weighted by Crippen LogP contribution is -1.92. The largest absolute Gasteiger partial charge is 0.390 e. The Morgan fingerprint density at radius 1 is 1.00 bits per heavy atom. The standard InChI is InChI=1S/C18H13BrN2OS/c19-14-8-6-13(7-9-14)17-15(11-22)21-10-16(23-18(21)20-17)12-4-2-1-3-5-12/h1-10,22H,11H2. The first-order valence-corrected chi connectivity index (χ1v) is 8.80. The fraction of sp³-hybridized carbons (Fsp3) is 0.0556. The minimum absolute atomic E-state index is 0.0441. The van der Waals surface area contributed by atoms with Gasteiger partial charge in [0.1, 0.15) is 0 Å². The molecule has 0 atom stereocenters. The molecule has 1 N–H and O–H groups in total. The second kappa shape index (κ2) is 5.92. The molecule has 4 aromatic rings. The summed E-state index contributed by atoms with van der Waals surface area (Å²) in [6, 6.07) is 18.2. The van der Waals surface area contributed by atoms with Gasteiger partial charge in [0, 0.05) is 16.2 Å². The SMILES string of the molecule is OCc1c(-c2ccc(Br)cc2)nc2sc(-c3ccccc3)cn12. The number of aromatic nitrogens is 2. The first-order chi connectivity index (χ1) is 11.3. The molecule has 0 aliphatic carbocycles. The number of halogens is 1. The van der Waals surface area contributed by atoms with E-state index in [9.17, 15) is 5.11 Å². The third-order valence-electron chi connectivity index (χ3n) is 3.75. The fourth-order valence-electron chi connectivity index (χ4n) is 2.62. The third-order valence-corrected chi connectivity index (χ3v) is 5.31. The van der Waals surface area contributed by atoms with E-state index in [4.69, 9.17) is 4.98 Å². The molecule has 0 saturated carbocycles. The van der Waals surface area contributed by atoms with Gasteiger partial charge in [0.25, 0.3) is 0 Å². The Labute approximate surface area is 146 Å². The summed E-state index contributed by atoms with van der Waals surface area (Å²) in [5, 5.41) is 9.84. The molecule has 0 amide bonds. The van der Waals surface area contributed by atoms with Crippen molar-refractivity contribution in [3.05, 3.63) is 71.0 Å². The Kier molecular flexibility index (Phi) is 3.77. The van der Waals surface area contributed by atoms with Crippen molar-refractivity contribution in [3.63, 3.8) is 0 Å². The first-order valence-electron chi connectivity index (χ1n) is 7.19. The van der Waals surface area contributed by atoms with Crippen molar-refractivity contribution < 1.29 is 5.11 Å². The highest BCUT2D eigenvalue weighted by Crippen LogP contribution is 2.33. The number of imidazole rings is 1. The molecule has 2 aromatic heterocycles. The molecule has 0 aliphatic heterocycles. The Balaban J connectivity index is 1.85. The van der Waals surface area contributed by atoms with E-state index < -0.39 is 0 Å². The number of aliphatic hydroxyl groups excluding tert-OH is 1. The van der Waals surface area contributed by atoms with Crippen LogP contribution in [-0.4, -0.2) is 14.5 Å². The molecule has 4 rings (SSSR count). The molecule has 23 heavy (non-hydrogen) atoms. The second-order valence-corrected chi connectivity index (χ2v) is 7.11. The van der Waals surface area contributed by atoms with Crippen LogP contribution >= 0.6 is 27.3 Å². The average molecular weight is 385 g/mol. The van der Waals surface area contributed by atoms with Crippen molar-refractivity contribution in [2.45, 2.75) is 6.61 Å². The lowest BCUT2D eigenvalue weighted by Gasteiger charge is -2.02. The van der Waals surface area contributed by atoms with Gasteiger partial charge in [-0.1, -0.05) is 69.7 Å². The highest BCUT2D eigenvalue weighted by atomic mass is 79.9. The lowest BCUT2D eigenvalue weighted by atomic mass is 10.1. The van der Waals surface area contributed by atoms with Gasteiger partial charge in [-0.3, -0.25) is 4.40 Å². The molecule has 2 heterocycles. The van der Waals surface area contributed by atoms with E-state index in [0.29, 0.717) is 0 Å². The van der Waals surface area contributed by atoms with Gasteiger partial charge in [0.05, 0.1) is 22.9 Å². The zero-order chi connectivity index (χ0) is 15.8. The van der Waals surface area contributed by atoms with Gasteiger partial charge in [-0.05, 0) is 17.7 Å². The summed E-state index contributed by atoms with van der Waals surface area (Å²) in [4.78, 5) is 6.77. The molecule has 0 bridgehead atoms. The topological polar surface area (TPSA) is 37.5 Å². The van der Waals surface area contributed by atoms with Crippen molar-refractivity contribution in [1.82, 2.24) is 9.38 Å². The molecule has 0 saturated heterocycles. The van der Waals surface area contributed by atoms with Crippen LogP contribution in [0.2, 0.25) is 0 Å². The van der Waals surface area contributed by atoms with Gasteiger partial charge in [-0.15, -0.1) is 0 Å². The maximum atomic E-state index is 9.84. The Morgan fingerprint density at radius 2 is 1.74 bits per heavy atom. The summed E-state index contributed by atoms with van der Waals surface area (Å²) < 4.78 is 3.02. The van der Waals surface area contributed by atoms with Crippen molar-refractivity contribution in [2.24, 2.45) is 0 Å². The zero-order valence-corrected chi connectivity index (χ0v) is 14.5. The van der Waals surface area contributed by atoms with Gasteiger partial charge >= 0.3 is 0 Å². The van der Waals surface area contributed by atoms with E-state index in [2.05, 4.69) is 34.3 Å². The highest BCUT2D eigenvalue weighted by Gasteiger charge is 2.16. The lowest BCUT2D eigenvalue weighted by molar-refractivity contribution is 0.276. The van der Waals surface area contributed by atoms with Crippen molar-refractivity contribution >= 4 is 32.2 Å². The zero-order valence-electron chi connectivity index (χ0n) is 12.1. The van der Waals surface area contributed by atoms with Crippen LogP contribution in [0.25, 0.3) is 26.7 Å². The number of benzene rings is 2. The van der Waals surface area contributed by atoms with Gasteiger partial charge in [-0.2, -0.15) is 0 Å². The monoisotopic (exact) mass is 384 g/mol. The van der Waals surface area contributed by atoms with Crippen LogP contribution in [0.3, 0.4) is 0 Å². The third kappa shape index (κ3) is 2.61. The summed E-state index contributed by atoms with van der Waals surface area (Å²) >= 11 is 5.07. The number of rotatable bonds is 3. The van der Waals surface area contributed by atoms with E-state index in [1.54, 1.807) is 11.3 Å². The summed E-state index contributed by atoms with van der Waals surface area (Å²) in [5.74, 6) is 0. The molecule has 3 nitrogen and oxygen atoms in total. The summed E-state index contributed by atoms with van der Waals surface area (Å²) in [5.41, 5.74) is 3.83. The number of thiazole rings is 1. The number of aliphatic hydroxyl groups is 1. The maximum absolute atomic E-state index is 9.84. The van der Waals surface area contributed by atoms with Gasteiger partial charge in [-0.25, -0.2) is 4.98 Å². The van der Waals surface area contributed by atoms with E-state index in [-0.39, 0.29) is 6.61 Å². The maximum Gasteiger partial charge on any atom is 0.195 e. The molecule has 0 unspecified atom stereocenters. The second-order valence-electron chi connectivity index (χ2n) is 5.19.